The molecule has 0 radical (unpaired) electrons. The van der Waals surface area contributed by atoms with Crippen molar-refractivity contribution in [2.45, 2.75) is 18.5 Å². The summed E-state index contributed by atoms with van der Waals surface area (Å²) < 4.78 is 17.7. The third-order valence-electron chi connectivity index (χ3n) is 7.95. The minimum atomic E-state index is -0.559. The van der Waals surface area contributed by atoms with Gasteiger partial charge in [-0.05, 0) is 42.8 Å². The second-order valence-corrected chi connectivity index (χ2v) is 10.4. The van der Waals surface area contributed by atoms with E-state index < -0.39 is 5.82 Å². The van der Waals surface area contributed by atoms with E-state index in [1.165, 1.54) is 12.1 Å². The summed E-state index contributed by atoms with van der Waals surface area (Å²) >= 11 is 0. The Labute approximate surface area is 235 Å². The second kappa shape index (κ2) is 9.32. The van der Waals surface area contributed by atoms with Gasteiger partial charge in [-0.1, -0.05) is 5.92 Å². The van der Waals surface area contributed by atoms with Gasteiger partial charge in [0.15, 0.2) is 0 Å². The van der Waals surface area contributed by atoms with Crippen LogP contribution < -0.4 is 4.90 Å². The molecule has 2 bridgehead atoms. The number of nitriles is 1. The first-order valence-electron chi connectivity index (χ1n) is 13.1. The molecule has 4 aromatic heterocycles. The first kappa shape index (κ1) is 24.6. The Balaban J connectivity index is 1.14. The summed E-state index contributed by atoms with van der Waals surface area (Å²) in [7, 11) is 1.87. The van der Waals surface area contributed by atoms with Crippen molar-refractivity contribution < 1.29 is 9.18 Å². The van der Waals surface area contributed by atoms with E-state index in [-0.39, 0.29) is 23.6 Å². The van der Waals surface area contributed by atoms with Crippen molar-refractivity contribution >= 4 is 17.2 Å². The van der Waals surface area contributed by atoms with E-state index in [4.69, 9.17) is 11.4 Å². The molecule has 9 nitrogen and oxygen atoms in total. The maximum Gasteiger partial charge on any atom is 0.254 e. The number of nitrogens with zero attached hydrogens (tertiary/aromatic N) is 8. The van der Waals surface area contributed by atoms with E-state index >= 15 is 0 Å². The van der Waals surface area contributed by atoms with Gasteiger partial charge < -0.3 is 9.80 Å². The van der Waals surface area contributed by atoms with Crippen LogP contribution in [0.5, 0.6) is 0 Å². The first-order chi connectivity index (χ1) is 19.9. The van der Waals surface area contributed by atoms with Crippen molar-refractivity contribution in [1.29, 1.82) is 5.26 Å². The molecule has 3 aliphatic heterocycles. The molecule has 2 atom stereocenters. The molecule has 1 aromatic carbocycles. The van der Waals surface area contributed by atoms with Crippen molar-refractivity contribution in [3.05, 3.63) is 89.9 Å². The van der Waals surface area contributed by atoms with Gasteiger partial charge in [0, 0.05) is 66.5 Å². The molecule has 3 aliphatic rings. The number of piperazine rings is 1. The minimum absolute atomic E-state index is 0.0267. The van der Waals surface area contributed by atoms with Crippen LogP contribution in [-0.4, -0.2) is 60.4 Å². The fraction of sp³-hybridized carbons (Fsp3) is 0.194. The molecule has 0 aliphatic carbocycles. The quantitative estimate of drug-likeness (QED) is 0.320. The molecule has 2 unspecified atom stereocenters. The Morgan fingerprint density at radius 1 is 1.00 bits per heavy atom. The summed E-state index contributed by atoms with van der Waals surface area (Å²) in [4.78, 5) is 21.9. The predicted octanol–water partition coefficient (Wildman–Crippen LogP) is 3.89. The van der Waals surface area contributed by atoms with Crippen LogP contribution in [0, 0.1) is 29.5 Å². The molecule has 0 saturated carbocycles. The summed E-state index contributed by atoms with van der Waals surface area (Å²) in [6.07, 6.45) is 15.2. The van der Waals surface area contributed by atoms with Gasteiger partial charge in [0.2, 0.25) is 0 Å². The average molecular weight is 543 g/mol. The summed E-state index contributed by atoms with van der Waals surface area (Å²) in [5.41, 5.74) is 5.23. The number of benzene rings is 1. The number of carbonyl (C=O) groups excluding carboxylic acids is 1. The molecule has 41 heavy (non-hydrogen) atoms. The number of carbonyl (C=O) groups is 1. The van der Waals surface area contributed by atoms with Crippen LogP contribution in [0.4, 0.5) is 10.2 Å². The lowest BCUT2D eigenvalue weighted by molar-refractivity contribution is 0.00573. The van der Waals surface area contributed by atoms with Gasteiger partial charge in [-0.25, -0.2) is 13.9 Å². The average Bonchev–Trinajstić information content (AvgIpc) is 3.62. The summed E-state index contributed by atoms with van der Waals surface area (Å²) in [6.45, 7) is 1.28. The monoisotopic (exact) mass is 542 g/mol. The van der Waals surface area contributed by atoms with Crippen LogP contribution in [0.15, 0.2) is 67.4 Å². The molecule has 3 fully saturated rings. The largest absolute Gasteiger partial charge is 0.352 e. The smallest absolute Gasteiger partial charge is 0.254 e. The Hall–Kier alpha value is -5.48. The number of piperidine rings is 1. The Bertz CT molecular complexity index is 1910. The van der Waals surface area contributed by atoms with Gasteiger partial charge in [0.25, 0.3) is 5.91 Å². The normalized spacial score (nSPS) is 17.7. The highest BCUT2D eigenvalue weighted by atomic mass is 19.1. The number of hydrogen-bond donors (Lipinski definition) is 0. The minimum Gasteiger partial charge on any atom is -0.352 e. The van der Waals surface area contributed by atoms with Crippen LogP contribution in [0.3, 0.4) is 0 Å². The third-order valence-corrected chi connectivity index (χ3v) is 7.95. The second-order valence-electron chi connectivity index (χ2n) is 10.4. The van der Waals surface area contributed by atoms with Crippen molar-refractivity contribution in [1.82, 2.24) is 29.3 Å². The summed E-state index contributed by atoms with van der Waals surface area (Å²) in [6, 6.07) is 12.6. The first-order valence-corrected chi connectivity index (χ1v) is 13.1. The standard InChI is InChI=1S/C31H23FN8O/c1-3-19-4-5-20(9-28(19)32)31(41)40-25-10-26(40)18-38(17-25)29-7-6-21(12-34-29)27-8-22(24-14-35-37(2)15-24)16-39-30(27)23(11-33)13-36-39/h1,4-9,12-16,25-26H,10,17-18H2,2H3. The van der Waals surface area contributed by atoms with Gasteiger partial charge in [-0.2, -0.15) is 15.5 Å². The fourth-order valence-corrected chi connectivity index (χ4v) is 5.93. The van der Waals surface area contributed by atoms with Crippen molar-refractivity contribution in [2.75, 3.05) is 18.0 Å². The van der Waals surface area contributed by atoms with Crippen molar-refractivity contribution in [2.24, 2.45) is 7.05 Å². The van der Waals surface area contributed by atoms with Crippen molar-refractivity contribution in [3.63, 3.8) is 0 Å². The topological polar surface area (TPSA) is 95.4 Å². The third kappa shape index (κ3) is 4.00. The zero-order chi connectivity index (χ0) is 28.2. The highest BCUT2D eigenvalue weighted by molar-refractivity contribution is 5.95. The molecule has 3 saturated heterocycles. The van der Waals surface area contributed by atoms with E-state index in [0.29, 0.717) is 24.2 Å². The number of amides is 1. The Morgan fingerprint density at radius 2 is 1.83 bits per heavy atom. The molecule has 0 spiro atoms. The van der Waals surface area contributed by atoms with Gasteiger partial charge in [0.05, 0.1) is 41.1 Å². The van der Waals surface area contributed by atoms with Gasteiger partial charge >= 0.3 is 0 Å². The van der Waals surface area contributed by atoms with Crippen LogP contribution in [0.25, 0.3) is 27.8 Å². The maximum atomic E-state index is 14.2. The number of halogens is 1. The van der Waals surface area contributed by atoms with E-state index in [1.54, 1.807) is 27.7 Å². The van der Waals surface area contributed by atoms with Crippen molar-refractivity contribution in [3.8, 4) is 40.7 Å². The van der Waals surface area contributed by atoms with Crippen LogP contribution >= 0.6 is 0 Å². The molecule has 8 rings (SSSR count). The van der Waals surface area contributed by atoms with Crippen LogP contribution in [-0.2, 0) is 7.05 Å². The molecule has 5 aromatic rings. The van der Waals surface area contributed by atoms with Gasteiger partial charge in [0.1, 0.15) is 17.7 Å². The number of rotatable bonds is 4. The fourth-order valence-electron chi connectivity index (χ4n) is 5.93. The summed E-state index contributed by atoms with van der Waals surface area (Å²) in [5, 5.41) is 18.4. The molecule has 7 heterocycles. The number of pyridine rings is 2. The molecule has 200 valence electrons. The molecule has 1 amide bonds. The molecule has 0 N–H and O–H groups in total. The lowest BCUT2D eigenvalue weighted by Crippen LogP contribution is -2.70. The number of anilines is 1. The van der Waals surface area contributed by atoms with Gasteiger partial charge in [-0.15, -0.1) is 6.42 Å². The zero-order valence-corrected chi connectivity index (χ0v) is 22.1. The van der Waals surface area contributed by atoms with E-state index in [0.717, 1.165) is 40.0 Å². The number of aryl methyl sites for hydroxylation is 1. The van der Waals surface area contributed by atoms with E-state index in [9.17, 15) is 14.4 Å². The van der Waals surface area contributed by atoms with E-state index in [2.05, 4.69) is 27.1 Å². The number of terminal acetylenes is 1. The van der Waals surface area contributed by atoms with Gasteiger partial charge in [-0.3, -0.25) is 9.48 Å². The number of fused-ring (bicyclic) bond motifs is 3. The van der Waals surface area contributed by atoms with Crippen LogP contribution in [0.1, 0.15) is 27.9 Å². The number of aromatic nitrogens is 5. The lowest BCUT2D eigenvalue weighted by Gasteiger charge is -2.56. The molecular formula is C31H23FN8O. The Morgan fingerprint density at radius 3 is 2.49 bits per heavy atom. The zero-order valence-electron chi connectivity index (χ0n) is 22.1. The Kier molecular flexibility index (Phi) is 5.58. The van der Waals surface area contributed by atoms with E-state index in [1.807, 2.05) is 48.7 Å². The van der Waals surface area contributed by atoms with Crippen LogP contribution in [0.2, 0.25) is 0 Å². The SMILES string of the molecule is C#Cc1ccc(C(=O)N2C3CC2CN(c2ccc(-c4cc(-c5cnn(C)c5)cn5ncc(C#N)c45)cn2)C3)cc1F. The highest BCUT2D eigenvalue weighted by Gasteiger charge is 2.47. The highest BCUT2D eigenvalue weighted by Crippen LogP contribution is 2.37. The number of hydrogen-bond acceptors (Lipinski definition) is 6. The maximum absolute atomic E-state index is 14.2. The molecular weight excluding hydrogens is 519 g/mol. The predicted molar refractivity (Wildman–Crippen MR) is 150 cm³/mol. The summed E-state index contributed by atoms with van der Waals surface area (Å²) in [5.74, 6) is 2.36. The molecule has 10 heteroatoms. The lowest BCUT2D eigenvalue weighted by atomic mass is 9.86.